The molecule has 0 aliphatic heterocycles. The molecule has 25 heavy (non-hydrogen) atoms. The summed E-state index contributed by atoms with van der Waals surface area (Å²) in [5.41, 5.74) is 10.0. The first-order valence-corrected chi connectivity index (χ1v) is 7.56. The molecule has 0 bridgehead atoms. The van der Waals surface area contributed by atoms with Gasteiger partial charge in [0.2, 0.25) is 0 Å². The monoisotopic (exact) mass is 387 g/mol. The summed E-state index contributed by atoms with van der Waals surface area (Å²) in [6.07, 6.45) is 0. The summed E-state index contributed by atoms with van der Waals surface area (Å²) >= 11 is 11.9. The molecule has 0 saturated heterocycles. The van der Waals surface area contributed by atoms with Gasteiger partial charge in [-0.1, -0.05) is 23.2 Å². The smallest absolute Gasteiger partial charge is 0.270 e. The van der Waals surface area contributed by atoms with E-state index in [2.05, 4.69) is 0 Å². The highest BCUT2D eigenvalue weighted by molar-refractivity contribution is 6.34. The Morgan fingerprint density at radius 2 is 1.80 bits per heavy atom. The van der Waals surface area contributed by atoms with Crippen molar-refractivity contribution in [1.82, 2.24) is 0 Å². The molecule has 0 fully saturated rings. The van der Waals surface area contributed by atoms with Gasteiger partial charge in [0.15, 0.2) is 0 Å². The van der Waals surface area contributed by atoms with Crippen molar-refractivity contribution in [2.75, 3.05) is 13.2 Å². The summed E-state index contributed by atoms with van der Waals surface area (Å²) in [6.45, 7) is 0.472. The second kappa shape index (κ2) is 9.19. The number of rotatable bonds is 4. The third-order valence-corrected chi connectivity index (χ3v) is 3.45. The Bertz CT molecular complexity index is 797. The Morgan fingerprint density at radius 3 is 2.24 bits per heavy atom. The number of benzene rings is 2. The predicted octanol–water partition coefficient (Wildman–Crippen LogP) is 2.31. The van der Waals surface area contributed by atoms with Crippen LogP contribution >= 0.6 is 23.2 Å². The van der Waals surface area contributed by atoms with Crippen LogP contribution in [0.3, 0.4) is 0 Å². The van der Waals surface area contributed by atoms with Crippen LogP contribution in [0.1, 0.15) is 10.4 Å². The maximum Gasteiger partial charge on any atom is 0.270 e. The van der Waals surface area contributed by atoms with Gasteiger partial charge in [0.05, 0.1) is 22.1 Å². The Morgan fingerprint density at radius 1 is 1.20 bits per heavy atom. The van der Waals surface area contributed by atoms with E-state index in [1.807, 2.05) is 0 Å². The van der Waals surface area contributed by atoms with E-state index in [9.17, 15) is 20.0 Å². The third kappa shape index (κ3) is 5.30. The van der Waals surface area contributed by atoms with Gasteiger partial charge < -0.3 is 21.7 Å². The molecule has 0 atom stereocenters. The lowest BCUT2D eigenvalue weighted by Gasteiger charge is -2.10. The largest absolute Gasteiger partial charge is 0.506 e. The van der Waals surface area contributed by atoms with Crippen molar-refractivity contribution in [3.8, 4) is 16.9 Å². The second-order valence-corrected chi connectivity index (χ2v) is 5.49. The van der Waals surface area contributed by atoms with Gasteiger partial charge in [-0.3, -0.25) is 14.9 Å². The lowest BCUT2D eigenvalue weighted by Crippen LogP contribution is -2.11. The maximum absolute atomic E-state index is 11.3. The molecule has 8 nitrogen and oxygen atoms in total. The van der Waals surface area contributed by atoms with Gasteiger partial charge in [-0.25, -0.2) is 0 Å². The van der Waals surface area contributed by atoms with E-state index in [0.29, 0.717) is 12.1 Å². The molecule has 10 heteroatoms. The summed E-state index contributed by atoms with van der Waals surface area (Å²) in [6, 6.07) is 6.34. The van der Waals surface area contributed by atoms with Crippen molar-refractivity contribution >= 4 is 34.8 Å². The first kappa shape index (κ1) is 20.7. The second-order valence-electron chi connectivity index (χ2n) is 4.65. The number of aromatic hydroxyl groups is 1. The van der Waals surface area contributed by atoms with Gasteiger partial charge in [-0.15, -0.1) is 0 Å². The van der Waals surface area contributed by atoms with Gasteiger partial charge >= 0.3 is 0 Å². The zero-order valence-electron chi connectivity index (χ0n) is 12.8. The molecule has 0 aliphatic rings. The number of hydrogen-bond donors (Lipinski definition) is 4. The number of non-ortho nitro benzene ring substituents is 1. The van der Waals surface area contributed by atoms with Gasteiger partial charge in [0.1, 0.15) is 5.75 Å². The van der Waals surface area contributed by atoms with Gasteiger partial charge in [-0.05, 0) is 18.2 Å². The molecule has 0 aliphatic carbocycles. The molecule has 2 aromatic carbocycles. The number of carbonyl (C=O) groups excluding carboxylic acids is 1. The van der Waals surface area contributed by atoms with Crippen molar-refractivity contribution in [1.29, 1.82) is 0 Å². The van der Waals surface area contributed by atoms with Crippen LogP contribution in [0.4, 0.5) is 5.69 Å². The standard InChI is InChI=1S/C13H8Cl2N2O4.C2H7NO/c14-6-3-9(12(18)10(4-6)13(16)19)8-2-1-7(17(20)21)5-11(8)15;3-1-2-4/h1-5,18H,(H2,16,19);4H,1-3H2. The number of halogens is 2. The summed E-state index contributed by atoms with van der Waals surface area (Å²) < 4.78 is 0. The number of aliphatic hydroxyl groups excluding tert-OH is 1. The molecule has 6 N–H and O–H groups in total. The highest BCUT2D eigenvalue weighted by Crippen LogP contribution is 2.39. The third-order valence-electron chi connectivity index (χ3n) is 2.92. The first-order chi connectivity index (χ1) is 11.7. The van der Waals surface area contributed by atoms with Crippen molar-refractivity contribution in [2.45, 2.75) is 0 Å². The van der Waals surface area contributed by atoms with Crippen LogP contribution in [0.15, 0.2) is 30.3 Å². The summed E-state index contributed by atoms with van der Waals surface area (Å²) in [5, 5.41) is 28.7. The molecule has 0 saturated carbocycles. The van der Waals surface area contributed by atoms with E-state index in [-0.39, 0.29) is 39.2 Å². The number of nitrogens with two attached hydrogens (primary N) is 2. The van der Waals surface area contributed by atoms with Gasteiger partial charge in [0, 0.05) is 34.8 Å². The number of carbonyl (C=O) groups is 1. The summed E-state index contributed by atoms with van der Waals surface area (Å²) in [4.78, 5) is 21.4. The lowest BCUT2D eigenvalue weighted by atomic mass is 10.0. The summed E-state index contributed by atoms with van der Waals surface area (Å²) in [5.74, 6) is -1.24. The molecule has 2 rings (SSSR count). The predicted molar refractivity (Wildman–Crippen MR) is 94.9 cm³/mol. The molecule has 0 heterocycles. The van der Waals surface area contributed by atoms with Crippen molar-refractivity contribution < 1.29 is 19.9 Å². The molecule has 0 aromatic heterocycles. The van der Waals surface area contributed by atoms with Gasteiger partial charge in [-0.2, -0.15) is 0 Å². The van der Waals surface area contributed by atoms with Gasteiger partial charge in [0.25, 0.3) is 11.6 Å². The zero-order valence-corrected chi connectivity index (χ0v) is 14.3. The molecular formula is C15H15Cl2N3O5. The number of phenols is 1. The molecule has 2 aromatic rings. The number of nitro groups is 1. The van der Waals surface area contributed by atoms with Crippen LogP contribution in [-0.4, -0.2) is 34.2 Å². The van der Waals surface area contributed by atoms with E-state index < -0.39 is 10.8 Å². The number of nitrogens with zero attached hydrogens (tertiary/aromatic N) is 1. The van der Waals surface area contributed by atoms with E-state index in [1.54, 1.807) is 0 Å². The van der Waals surface area contributed by atoms with Crippen molar-refractivity contribution in [2.24, 2.45) is 11.5 Å². The molecule has 0 radical (unpaired) electrons. The number of hydrogen-bond acceptors (Lipinski definition) is 6. The Labute approximate surface area is 152 Å². The van der Waals surface area contributed by atoms with E-state index in [1.165, 1.54) is 24.3 Å². The fourth-order valence-electron chi connectivity index (χ4n) is 1.83. The highest BCUT2D eigenvalue weighted by atomic mass is 35.5. The number of amides is 1. The fourth-order valence-corrected chi connectivity index (χ4v) is 2.32. The average molecular weight is 388 g/mol. The Balaban J connectivity index is 0.000000705. The van der Waals surface area contributed by atoms with Crippen molar-refractivity contribution in [3.63, 3.8) is 0 Å². The highest BCUT2D eigenvalue weighted by Gasteiger charge is 2.18. The molecule has 0 spiro atoms. The average Bonchev–Trinajstić information content (AvgIpc) is 2.56. The van der Waals surface area contributed by atoms with Crippen LogP contribution in [0, 0.1) is 10.1 Å². The molecule has 1 amide bonds. The Kier molecular flexibility index (Phi) is 7.59. The van der Waals surface area contributed by atoms with Crippen LogP contribution in [0.25, 0.3) is 11.1 Å². The van der Waals surface area contributed by atoms with Crippen LogP contribution in [0.2, 0.25) is 10.0 Å². The zero-order chi connectivity index (χ0) is 19.1. The molecule has 134 valence electrons. The minimum atomic E-state index is -0.853. The lowest BCUT2D eigenvalue weighted by molar-refractivity contribution is -0.384. The van der Waals surface area contributed by atoms with Crippen LogP contribution in [0.5, 0.6) is 5.75 Å². The van der Waals surface area contributed by atoms with Crippen LogP contribution < -0.4 is 11.5 Å². The van der Waals surface area contributed by atoms with E-state index >= 15 is 0 Å². The minimum absolute atomic E-state index is 0.0391. The summed E-state index contributed by atoms with van der Waals surface area (Å²) in [7, 11) is 0. The fraction of sp³-hybridized carbons (Fsp3) is 0.133. The minimum Gasteiger partial charge on any atom is -0.506 e. The quantitative estimate of drug-likeness (QED) is 0.466. The SMILES string of the molecule is NC(=O)c1cc(Cl)cc(-c2ccc([N+](=O)[O-])cc2Cl)c1O.NCCO. The number of aliphatic hydroxyl groups is 1. The number of primary amides is 1. The maximum atomic E-state index is 11.3. The normalized spacial score (nSPS) is 9.92. The molecule has 0 unspecified atom stereocenters. The van der Waals surface area contributed by atoms with E-state index in [0.717, 1.165) is 6.07 Å². The van der Waals surface area contributed by atoms with Crippen molar-refractivity contribution in [3.05, 3.63) is 56.1 Å². The number of nitro benzene ring substituents is 1. The topological polar surface area (TPSA) is 153 Å². The van der Waals surface area contributed by atoms with Crippen LogP contribution in [-0.2, 0) is 0 Å². The molecular weight excluding hydrogens is 373 g/mol. The Hall–Kier alpha value is -2.39. The first-order valence-electron chi connectivity index (χ1n) is 6.80. The van der Waals surface area contributed by atoms with E-state index in [4.69, 9.17) is 39.8 Å².